The van der Waals surface area contributed by atoms with Crippen LogP contribution in [-0.2, 0) is 11.2 Å². The Morgan fingerprint density at radius 1 is 1.15 bits per heavy atom. The third-order valence-electron chi connectivity index (χ3n) is 4.27. The van der Waals surface area contributed by atoms with E-state index in [0.717, 1.165) is 39.3 Å². The van der Waals surface area contributed by atoms with Crippen LogP contribution >= 0.6 is 0 Å². The fourth-order valence-electron chi connectivity index (χ4n) is 3.15. The molecule has 1 aromatic rings. The standard InChI is InChI=1S/C16H23N3O/c20-16(19-12-8-17-9-13-19)7-11-18-10-3-5-14-4-1-2-6-15(14)18/h1-2,4,6,17H,3,5,7-13H2. The maximum absolute atomic E-state index is 12.2. The lowest BCUT2D eigenvalue weighted by Gasteiger charge is -2.32. The zero-order valence-electron chi connectivity index (χ0n) is 12.0. The maximum Gasteiger partial charge on any atom is 0.224 e. The molecule has 0 unspecified atom stereocenters. The van der Waals surface area contributed by atoms with E-state index in [1.807, 2.05) is 4.90 Å². The van der Waals surface area contributed by atoms with Crippen molar-refractivity contribution in [1.29, 1.82) is 0 Å². The van der Waals surface area contributed by atoms with Gasteiger partial charge < -0.3 is 15.1 Å². The molecule has 0 spiro atoms. The number of nitrogens with one attached hydrogen (secondary N) is 1. The van der Waals surface area contributed by atoms with Gasteiger partial charge in [-0.15, -0.1) is 0 Å². The normalized spacial score (nSPS) is 18.8. The Kier molecular flexibility index (Phi) is 4.21. The van der Waals surface area contributed by atoms with Gasteiger partial charge in [0.05, 0.1) is 0 Å². The number of para-hydroxylation sites is 1. The minimum atomic E-state index is 0.301. The van der Waals surface area contributed by atoms with E-state index in [1.165, 1.54) is 24.1 Å². The highest BCUT2D eigenvalue weighted by atomic mass is 16.2. The topological polar surface area (TPSA) is 35.6 Å². The number of amides is 1. The molecule has 20 heavy (non-hydrogen) atoms. The third-order valence-corrected chi connectivity index (χ3v) is 4.27. The Morgan fingerprint density at radius 3 is 2.80 bits per heavy atom. The SMILES string of the molecule is O=C(CCN1CCCc2ccccc21)N1CCNCC1. The lowest BCUT2D eigenvalue weighted by molar-refractivity contribution is -0.131. The van der Waals surface area contributed by atoms with Gasteiger partial charge >= 0.3 is 0 Å². The van der Waals surface area contributed by atoms with E-state index < -0.39 is 0 Å². The van der Waals surface area contributed by atoms with Gasteiger partial charge in [-0.05, 0) is 24.5 Å². The van der Waals surface area contributed by atoms with E-state index in [9.17, 15) is 4.79 Å². The van der Waals surface area contributed by atoms with Crippen molar-refractivity contribution in [2.45, 2.75) is 19.3 Å². The van der Waals surface area contributed by atoms with E-state index in [-0.39, 0.29) is 0 Å². The van der Waals surface area contributed by atoms with Crippen LogP contribution in [0.4, 0.5) is 5.69 Å². The summed E-state index contributed by atoms with van der Waals surface area (Å²) in [4.78, 5) is 16.6. The molecule has 1 amide bonds. The number of hydrogen-bond acceptors (Lipinski definition) is 3. The summed E-state index contributed by atoms with van der Waals surface area (Å²) in [5.74, 6) is 0.301. The second-order valence-corrected chi connectivity index (χ2v) is 5.60. The van der Waals surface area contributed by atoms with Crippen molar-refractivity contribution in [3.63, 3.8) is 0 Å². The van der Waals surface area contributed by atoms with Crippen molar-refractivity contribution in [3.8, 4) is 0 Å². The second-order valence-electron chi connectivity index (χ2n) is 5.60. The van der Waals surface area contributed by atoms with Crippen molar-refractivity contribution < 1.29 is 4.79 Å². The van der Waals surface area contributed by atoms with Crippen molar-refractivity contribution in [3.05, 3.63) is 29.8 Å². The summed E-state index contributed by atoms with van der Waals surface area (Å²) in [6, 6.07) is 8.59. The van der Waals surface area contributed by atoms with Crippen LogP contribution in [0, 0.1) is 0 Å². The van der Waals surface area contributed by atoms with Gasteiger partial charge in [0.15, 0.2) is 0 Å². The molecule has 0 aliphatic carbocycles. The van der Waals surface area contributed by atoms with Gasteiger partial charge in [-0.25, -0.2) is 0 Å². The second kappa shape index (κ2) is 6.27. The number of rotatable bonds is 3. The maximum atomic E-state index is 12.2. The number of carbonyl (C=O) groups is 1. The number of aryl methyl sites for hydroxylation is 1. The molecule has 0 aromatic heterocycles. The van der Waals surface area contributed by atoms with Crippen LogP contribution in [0.3, 0.4) is 0 Å². The zero-order chi connectivity index (χ0) is 13.8. The minimum Gasteiger partial charge on any atom is -0.371 e. The molecule has 108 valence electrons. The summed E-state index contributed by atoms with van der Waals surface area (Å²) < 4.78 is 0. The van der Waals surface area contributed by atoms with Gasteiger partial charge in [-0.1, -0.05) is 18.2 Å². The van der Waals surface area contributed by atoms with Crippen LogP contribution in [0.1, 0.15) is 18.4 Å². The zero-order valence-corrected chi connectivity index (χ0v) is 12.0. The Balaban J connectivity index is 1.57. The van der Waals surface area contributed by atoms with Gasteiger partial charge in [0, 0.05) is 51.4 Å². The lowest BCUT2D eigenvalue weighted by Crippen LogP contribution is -2.47. The molecule has 1 saturated heterocycles. The fourth-order valence-corrected chi connectivity index (χ4v) is 3.15. The number of benzene rings is 1. The summed E-state index contributed by atoms with van der Waals surface area (Å²) in [6.07, 6.45) is 2.99. The molecule has 2 aliphatic rings. The summed E-state index contributed by atoms with van der Waals surface area (Å²) in [5, 5.41) is 3.28. The lowest BCUT2D eigenvalue weighted by atomic mass is 10.0. The molecule has 4 nitrogen and oxygen atoms in total. The molecule has 0 saturated carbocycles. The number of carbonyl (C=O) groups excluding carboxylic acids is 1. The van der Waals surface area contributed by atoms with Crippen molar-refractivity contribution in [2.24, 2.45) is 0 Å². The van der Waals surface area contributed by atoms with Crippen molar-refractivity contribution in [1.82, 2.24) is 10.2 Å². The van der Waals surface area contributed by atoms with Gasteiger partial charge in [-0.2, -0.15) is 0 Å². The molecule has 2 aliphatic heterocycles. The van der Waals surface area contributed by atoms with Crippen LogP contribution in [0.2, 0.25) is 0 Å². The van der Waals surface area contributed by atoms with Crippen LogP contribution in [0.15, 0.2) is 24.3 Å². The molecular formula is C16H23N3O. The highest BCUT2D eigenvalue weighted by molar-refractivity contribution is 5.77. The third kappa shape index (κ3) is 2.96. The molecule has 0 radical (unpaired) electrons. The van der Waals surface area contributed by atoms with Gasteiger partial charge in [-0.3, -0.25) is 4.79 Å². The van der Waals surface area contributed by atoms with E-state index in [2.05, 4.69) is 34.5 Å². The monoisotopic (exact) mass is 273 g/mol. The minimum absolute atomic E-state index is 0.301. The van der Waals surface area contributed by atoms with E-state index >= 15 is 0 Å². The van der Waals surface area contributed by atoms with E-state index in [1.54, 1.807) is 0 Å². The molecule has 1 fully saturated rings. The Morgan fingerprint density at radius 2 is 1.95 bits per heavy atom. The van der Waals surface area contributed by atoms with Crippen LogP contribution < -0.4 is 10.2 Å². The highest BCUT2D eigenvalue weighted by Gasteiger charge is 2.20. The summed E-state index contributed by atoms with van der Waals surface area (Å²) in [5.41, 5.74) is 2.75. The summed E-state index contributed by atoms with van der Waals surface area (Å²) in [7, 11) is 0. The Hall–Kier alpha value is -1.55. The van der Waals surface area contributed by atoms with Gasteiger partial charge in [0.1, 0.15) is 0 Å². The molecule has 0 bridgehead atoms. The largest absolute Gasteiger partial charge is 0.371 e. The molecule has 2 heterocycles. The predicted octanol–water partition coefficient (Wildman–Crippen LogP) is 1.26. The van der Waals surface area contributed by atoms with E-state index in [4.69, 9.17) is 0 Å². The number of hydrogen-bond donors (Lipinski definition) is 1. The highest BCUT2D eigenvalue weighted by Crippen LogP contribution is 2.26. The van der Waals surface area contributed by atoms with Crippen molar-refractivity contribution in [2.75, 3.05) is 44.2 Å². The Labute approximate surface area is 120 Å². The summed E-state index contributed by atoms with van der Waals surface area (Å²) >= 11 is 0. The molecule has 1 aromatic carbocycles. The molecule has 1 N–H and O–H groups in total. The number of anilines is 1. The average molecular weight is 273 g/mol. The molecule has 3 rings (SSSR count). The smallest absolute Gasteiger partial charge is 0.224 e. The first-order valence-corrected chi connectivity index (χ1v) is 7.66. The number of piperazine rings is 1. The number of fused-ring (bicyclic) bond motifs is 1. The van der Waals surface area contributed by atoms with Gasteiger partial charge in [0.25, 0.3) is 0 Å². The van der Waals surface area contributed by atoms with E-state index in [0.29, 0.717) is 12.3 Å². The first kappa shape index (κ1) is 13.4. The van der Waals surface area contributed by atoms with Crippen LogP contribution in [-0.4, -0.2) is 50.1 Å². The fraction of sp³-hybridized carbons (Fsp3) is 0.562. The summed E-state index contributed by atoms with van der Waals surface area (Å²) in [6.45, 7) is 5.49. The molecule has 4 heteroatoms. The Bertz CT molecular complexity index is 469. The molecular weight excluding hydrogens is 250 g/mol. The first-order valence-electron chi connectivity index (χ1n) is 7.66. The number of nitrogens with zero attached hydrogens (tertiary/aromatic N) is 2. The molecule has 0 atom stereocenters. The van der Waals surface area contributed by atoms with Gasteiger partial charge in [0.2, 0.25) is 5.91 Å². The average Bonchev–Trinajstić information content (AvgIpc) is 2.53. The predicted molar refractivity (Wildman–Crippen MR) is 81.0 cm³/mol. The van der Waals surface area contributed by atoms with Crippen molar-refractivity contribution >= 4 is 11.6 Å². The quantitative estimate of drug-likeness (QED) is 0.900. The van der Waals surface area contributed by atoms with Crippen LogP contribution in [0.25, 0.3) is 0 Å². The first-order chi connectivity index (χ1) is 9.84. The van der Waals surface area contributed by atoms with Crippen LogP contribution in [0.5, 0.6) is 0 Å².